The predicted molar refractivity (Wildman–Crippen MR) is 82.1 cm³/mol. The molecule has 120 valence electrons. The number of nitrogens with zero attached hydrogens (tertiary/aromatic N) is 1. The number of benzene rings is 1. The van der Waals surface area contributed by atoms with Gasteiger partial charge >= 0.3 is 11.9 Å². The second-order valence-electron chi connectivity index (χ2n) is 5.57. The van der Waals surface area contributed by atoms with E-state index in [4.69, 9.17) is 9.47 Å². The number of hydrogen-bond donors (Lipinski definition) is 0. The normalized spacial score (nSPS) is 20.6. The van der Waals surface area contributed by atoms with Gasteiger partial charge < -0.3 is 9.47 Å². The molecule has 1 atom stereocenters. The molecule has 1 unspecified atom stereocenters. The van der Waals surface area contributed by atoms with Crippen molar-refractivity contribution in [3.63, 3.8) is 0 Å². The summed E-state index contributed by atoms with van der Waals surface area (Å²) in [6.07, 6.45) is 0.380. The molecule has 1 fully saturated rings. The van der Waals surface area contributed by atoms with E-state index in [2.05, 4.69) is 0 Å². The Morgan fingerprint density at radius 1 is 1.14 bits per heavy atom. The topological polar surface area (TPSA) is 55.8 Å². The summed E-state index contributed by atoms with van der Waals surface area (Å²) in [5, 5.41) is 0. The highest BCUT2D eigenvalue weighted by molar-refractivity contribution is 6.01. The molecule has 5 heteroatoms. The monoisotopic (exact) mass is 305 g/mol. The first-order chi connectivity index (χ1) is 10.5. The first-order valence-corrected chi connectivity index (χ1v) is 7.64. The molecule has 0 aromatic heterocycles. The Morgan fingerprint density at radius 2 is 1.68 bits per heavy atom. The van der Waals surface area contributed by atoms with Crippen LogP contribution in [0.5, 0.6) is 0 Å². The molecule has 2 rings (SSSR count). The van der Waals surface area contributed by atoms with E-state index < -0.39 is 17.4 Å². The van der Waals surface area contributed by atoms with Gasteiger partial charge in [-0.25, -0.2) is 0 Å². The summed E-state index contributed by atoms with van der Waals surface area (Å²) < 4.78 is 10.3. The van der Waals surface area contributed by atoms with Crippen molar-refractivity contribution in [1.29, 1.82) is 0 Å². The molecule has 1 aromatic rings. The Morgan fingerprint density at radius 3 is 2.18 bits per heavy atom. The van der Waals surface area contributed by atoms with Gasteiger partial charge in [0.15, 0.2) is 5.41 Å². The first kappa shape index (κ1) is 16.5. The summed E-state index contributed by atoms with van der Waals surface area (Å²) in [4.78, 5) is 26.9. The van der Waals surface area contributed by atoms with Crippen molar-refractivity contribution in [2.45, 2.75) is 26.3 Å². The second kappa shape index (κ2) is 6.92. The van der Waals surface area contributed by atoms with Crippen LogP contribution in [0, 0.1) is 5.41 Å². The Labute approximate surface area is 131 Å². The van der Waals surface area contributed by atoms with Crippen LogP contribution in [0.4, 0.5) is 0 Å². The fraction of sp³-hybridized carbons (Fsp3) is 0.529. The first-order valence-electron chi connectivity index (χ1n) is 7.64. The molecule has 1 aliphatic heterocycles. The highest BCUT2D eigenvalue weighted by atomic mass is 16.6. The van der Waals surface area contributed by atoms with Crippen molar-refractivity contribution in [1.82, 2.24) is 4.90 Å². The molecule has 0 N–H and O–H groups in total. The second-order valence-corrected chi connectivity index (χ2v) is 5.57. The molecule has 0 radical (unpaired) electrons. The fourth-order valence-electron chi connectivity index (χ4n) is 3.05. The lowest BCUT2D eigenvalue weighted by molar-refractivity contribution is -0.171. The van der Waals surface area contributed by atoms with Gasteiger partial charge in [-0.15, -0.1) is 0 Å². The summed E-state index contributed by atoms with van der Waals surface area (Å²) in [5.41, 5.74) is -0.151. The summed E-state index contributed by atoms with van der Waals surface area (Å²) >= 11 is 0. The van der Waals surface area contributed by atoms with Gasteiger partial charge in [0, 0.05) is 12.6 Å². The van der Waals surface area contributed by atoms with Crippen molar-refractivity contribution in [3.8, 4) is 0 Å². The number of hydrogen-bond acceptors (Lipinski definition) is 5. The molecular weight excluding hydrogens is 282 g/mol. The third kappa shape index (κ3) is 2.99. The minimum Gasteiger partial charge on any atom is -0.465 e. The van der Waals surface area contributed by atoms with E-state index in [0.29, 0.717) is 13.0 Å². The molecule has 0 saturated carbocycles. The van der Waals surface area contributed by atoms with E-state index >= 15 is 0 Å². The minimum absolute atomic E-state index is 0.00462. The Hall–Kier alpha value is -1.88. The average molecular weight is 305 g/mol. The van der Waals surface area contributed by atoms with Crippen molar-refractivity contribution in [3.05, 3.63) is 35.9 Å². The number of likely N-dealkylation sites (tertiary alicyclic amines) is 1. The standard InChI is InChI=1S/C17H23NO4/c1-4-21-15(19)17(16(20)22-5-2)11-14(18(3)12-17)13-9-7-6-8-10-13/h6-10,14H,4-5,11-12H2,1-3H3. The highest BCUT2D eigenvalue weighted by Crippen LogP contribution is 2.44. The van der Waals surface area contributed by atoms with Gasteiger partial charge in [0.05, 0.1) is 13.2 Å². The summed E-state index contributed by atoms with van der Waals surface area (Å²) in [6, 6.07) is 9.87. The predicted octanol–water partition coefficient (Wildman–Crippen LogP) is 2.18. The van der Waals surface area contributed by atoms with E-state index in [9.17, 15) is 9.59 Å². The fourth-order valence-corrected chi connectivity index (χ4v) is 3.05. The van der Waals surface area contributed by atoms with Gasteiger partial charge in [0.2, 0.25) is 0 Å². The van der Waals surface area contributed by atoms with Crippen molar-refractivity contribution in [2.75, 3.05) is 26.8 Å². The van der Waals surface area contributed by atoms with E-state index in [1.165, 1.54) is 0 Å². The van der Waals surface area contributed by atoms with Crippen LogP contribution in [0.2, 0.25) is 0 Å². The van der Waals surface area contributed by atoms with E-state index in [0.717, 1.165) is 5.56 Å². The molecule has 1 heterocycles. The van der Waals surface area contributed by atoms with Crippen LogP contribution in [0.1, 0.15) is 31.9 Å². The van der Waals surface area contributed by atoms with E-state index in [-0.39, 0.29) is 19.3 Å². The van der Waals surface area contributed by atoms with E-state index in [1.807, 2.05) is 42.3 Å². The van der Waals surface area contributed by atoms with Crippen molar-refractivity contribution >= 4 is 11.9 Å². The van der Waals surface area contributed by atoms with Crippen LogP contribution in [-0.2, 0) is 19.1 Å². The van der Waals surface area contributed by atoms with Crippen LogP contribution in [0.15, 0.2) is 30.3 Å². The molecule has 1 aromatic carbocycles. The third-order valence-electron chi connectivity index (χ3n) is 4.11. The lowest BCUT2D eigenvalue weighted by Crippen LogP contribution is -2.44. The zero-order valence-corrected chi connectivity index (χ0v) is 13.4. The number of carbonyl (C=O) groups excluding carboxylic acids is 2. The molecule has 0 amide bonds. The molecule has 0 aliphatic carbocycles. The van der Waals surface area contributed by atoms with E-state index in [1.54, 1.807) is 13.8 Å². The highest BCUT2D eigenvalue weighted by Gasteiger charge is 2.56. The Bertz CT molecular complexity index is 511. The number of rotatable bonds is 5. The summed E-state index contributed by atoms with van der Waals surface area (Å²) in [5.74, 6) is -0.975. The summed E-state index contributed by atoms with van der Waals surface area (Å²) in [7, 11) is 1.91. The maximum absolute atomic E-state index is 12.5. The van der Waals surface area contributed by atoms with Crippen LogP contribution in [0.3, 0.4) is 0 Å². The van der Waals surface area contributed by atoms with Crippen molar-refractivity contribution in [2.24, 2.45) is 5.41 Å². The molecular formula is C17H23NO4. The zero-order chi connectivity index (χ0) is 16.2. The number of ether oxygens (including phenoxy) is 2. The van der Waals surface area contributed by atoms with Gasteiger partial charge in [0.1, 0.15) is 0 Å². The number of esters is 2. The molecule has 0 spiro atoms. The number of carbonyl (C=O) groups is 2. The van der Waals surface area contributed by atoms with Crippen LogP contribution in [0.25, 0.3) is 0 Å². The third-order valence-corrected chi connectivity index (χ3v) is 4.11. The van der Waals surface area contributed by atoms with Gasteiger partial charge in [-0.2, -0.15) is 0 Å². The molecule has 22 heavy (non-hydrogen) atoms. The van der Waals surface area contributed by atoms with Crippen LogP contribution < -0.4 is 0 Å². The Kier molecular flexibility index (Phi) is 5.19. The lowest BCUT2D eigenvalue weighted by Gasteiger charge is -2.23. The Balaban J connectivity index is 2.32. The largest absolute Gasteiger partial charge is 0.465 e. The van der Waals surface area contributed by atoms with Gasteiger partial charge in [-0.05, 0) is 32.9 Å². The van der Waals surface area contributed by atoms with Gasteiger partial charge in [-0.3, -0.25) is 14.5 Å². The maximum Gasteiger partial charge on any atom is 0.324 e. The zero-order valence-electron chi connectivity index (χ0n) is 13.4. The van der Waals surface area contributed by atoms with Crippen molar-refractivity contribution < 1.29 is 19.1 Å². The van der Waals surface area contributed by atoms with Crippen LogP contribution >= 0.6 is 0 Å². The minimum atomic E-state index is -1.23. The quantitative estimate of drug-likeness (QED) is 0.616. The molecule has 1 saturated heterocycles. The van der Waals surface area contributed by atoms with Gasteiger partial charge in [0.25, 0.3) is 0 Å². The lowest BCUT2D eigenvalue weighted by atomic mass is 9.84. The SMILES string of the molecule is CCOC(=O)C1(C(=O)OCC)CC(c2ccccc2)N(C)C1. The van der Waals surface area contributed by atoms with Crippen LogP contribution in [-0.4, -0.2) is 43.6 Å². The van der Waals surface area contributed by atoms with Gasteiger partial charge in [-0.1, -0.05) is 30.3 Å². The summed E-state index contributed by atoms with van der Waals surface area (Å²) in [6.45, 7) is 4.29. The molecule has 1 aliphatic rings. The smallest absolute Gasteiger partial charge is 0.324 e. The molecule has 5 nitrogen and oxygen atoms in total. The maximum atomic E-state index is 12.5. The average Bonchev–Trinajstić information content (AvgIpc) is 2.88. The molecule has 0 bridgehead atoms.